The second-order valence-electron chi connectivity index (χ2n) is 8.43. The lowest BCUT2D eigenvalue weighted by Crippen LogP contribution is -2.13. The molecular formula is C25H27BrClN5O2S. The minimum atomic E-state index is -0.393. The van der Waals surface area contributed by atoms with E-state index in [2.05, 4.69) is 49.7 Å². The summed E-state index contributed by atoms with van der Waals surface area (Å²) < 4.78 is 7.90. The Morgan fingerprint density at radius 3 is 2.74 bits per heavy atom. The van der Waals surface area contributed by atoms with Gasteiger partial charge >= 0.3 is 5.97 Å². The molecule has 0 aliphatic carbocycles. The van der Waals surface area contributed by atoms with Gasteiger partial charge in [0.15, 0.2) is 11.0 Å². The average Bonchev–Trinajstić information content (AvgIpc) is 3.20. The van der Waals surface area contributed by atoms with E-state index in [1.807, 2.05) is 42.5 Å². The van der Waals surface area contributed by atoms with E-state index in [0.717, 1.165) is 50.9 Å². The molecule has 0 unspecified atom stereocenters. The number of hydrogen-bond donors (Lipinski definition) is 0. The third-order valence-corrected chi connectivity index (χ3v) is 7.49. The topological polar surface area (TPSA) is 72.6 Å². The molecule has 7 nitrogen and oxygen atoms in total. The number of methoxy groups -OCH3 is 1. The van der Waals surface area contributed by atoms with Crippen molar-refractivity contribution >= 4 is 51.0 Å². The number of carbonyl (C=O) groups is 1. The lowest BCUT2D eigenvalue weighted by molar-refractivity contribution is -0.140. The summed E-state index contributed by atoms with van der Waals surface area (Å²) in [6.45, 7) is 0.999. The fourth-order valence-electron chi connectivity index (χ4n) is 3.96. The normalized spacial score (nSPS) is 14.8. The first kappa shape index (κ1) is 25.9. The molecule has 0 saturated carbocycles. The van der Waals surface area contributed by atoms with Gasteiger partial charge in [0.25, 0.3) is 0 Å². The molecule has 0 N–H and O–H groups in total. The molecule has 1 aliphatic heterocycles. The van der Waals surface area contributed by atoms with Crippen LogP contribution in [0.2, 0.25) is 5.02 Å². The molecular weight excluding hydrogens is 550 g/mol. The third kappa shape index (κ3) is 5.97. The fourth-order valence-corrected chi connectivity index (χ4v) is 5.42. The zero-order valence-corrected chi connectivity index (χ0v) is 23.0. The summed E-state index contributed by atoms with van der Waals surface area (Å²) in [7, 11) is 5.54. The molecule has 0 spiro atoms. The van der Waals surface area contributed by atoms with Crippen molar-refractivity contribution in [3.63, 3.8) is 0 Å². The Bertz CT molecular complexity index is 1250. The van der Waals surface area contributed by atoms with Gasteiger partial charge in [0.05, 0.1) is 18.5 Å². The number of aromatic nitrogens is 3. The van der Waals surface area contributed by atoms with Crippen molar-refractivity contribution in [1.82, 2.24) is 19.7 Å². The van der Waals surface area contributed by atoms with Crippen molar-refractivity contribution in [2.75, 3.05) is 33.5 Å². The molecule has 1 atom stereocenters. The summed E-state index contributed by atoms with van der Waals surface area (Å²) in [5.41, 5.74) is 3.44. The molecule has 0 saturated heterocycles. The Labute approximate surface area is 223 Å². The van der Waals surface area contributed by atoms with E-state index in [0.29, 0.717) is 17.3 Å². The molecule has 184 valence electrons. The van der Waals surface area contributed by atoms with Gasteiger partial charge in [-0.3, -0.25) is 14.4 Å². The summed E-state index contributed by atoms with van der Waals surface area (Å²) in [4.78, 5) is 19.3. The molecule has 0 bridgehead atoms. The van der Waals surface area contributed by atoms with Crippen LogP contribution in [-0.2, 0) is 9.53 Å². The first-order valence-electron chi connectivity index (χ1n) is 11.3. The van der Waals surface area contributed by atoms with Crippen LogP contribution in [0.3, 0.4) is 0 Å². The van der Waals surface area contributed by atoms with Crippen molar-refractivity contribution < 1.29 is 9.53 Å². The van der Waals surface area contributed by atoms with E-state index < -0.39 is 6.04 Å². The minimum absolute atomic E-state index is 0.221. The van der Waals surface area contributed by atoms with Gasteiger partial charge in [0.1, 0.15) is 6.04 Å². The van der Waals surface area contributed by atoms with E-state index in [1.54, 1.807) is 11.8 Å². The zero-order valence-electron chi connectivity index (χ0n) is 19.9. The standard InChI is InChI=1S/C25H27BrClN5O2S/c1-31(2)13-6-14-35-25-30-29-24-20(10-12-22(33)34-3)28-23(17-7-4-5-8-19(17)27)18-15-16(26)9-11-21(18)32(24)25/h4-5,7-9,11,15,20H,6,10,12-14H2,1-3H3/t20-/m0/s1. The number of esters is 1. The van der Waals surface area contributed by atoms with Crippen LogP contribution < -0.4 is 0 Å². The highest BCUT2D eigenvalue weighted by atomic mass is 79.9. The second-order valence-corrected chi connectivity index (χ2v) is 10.8. The molecule has 2 heterocycles. The molecule has 0 amide bonds. The van der Waals surface area contributed by atoms with Crippen molar-refractivity contribution in [1.29, 1.82) is 0 Å². The van der Waals surface area contributed by atoms with Crippen molar-refractivity contribution in [3.05, 3.63) is 68.9 Å². The number of fused-ring (bicyclic) bond motifs is 3. The van der Waals surface area contributed by atoms with E-state index in [-0.39, 0.29) is 12.4 Å². The molecule has 0 fully saturated rings. The molecule has 10 heteroatoms. The van der Waals surface area contributed by atoms with Gasteiger partial charge in [-0.15, -0.1) is 10.2 Å². The summed E-state index contributed by atoms with van der Waals surface area (Å²) >= 11 is 11.9. The summed E-state index contributed by atoms with van der Waals surface area (Å²) in [5.74, 6) is 1.33. The number of aliphatic imine (C=N–C) groups is 1. The molecule has 35 heavy (non-hydrogen) atoms. The Morgan fingerprint density at radius 2 is 2.00 bits per heavy atom. The van der Waals surface area contributed by atoms with Crippen molar-refractivity contribution in [3.8, 4) is 5.69 Å². The zero-order chi connectivity index (χ0) is 24.9. The van der Waals surface area contributed by atoms with Gasteiger partial charge in [-0.25, -0.2) is 0 Å². The largest absolute Gasteiger partial charge is 0.469 e. The van der Waals surface area contributed by atoms with Gasteiger partial charge in [-0.05, 0) is 57.7 Å². The lowest BCUT2D eigenvalue weighted by Gasteiger charge is -2.15. The maximum absolute atomic E-state index is 12.0. The van der Waals surface area contributed by atoms with E-state index in [1.165, 1.54) is 7.11 Å². The van der Waals surface area contributed by atoms with Crippen LogP contribution in [0.5, 0.6) is 0 Å². The second kappa shape index (κ2) is 11.7. The Morgan fingerprint density at radius 1 is 1.20 bits per heavy atom. The minimum Gasteiger partial charge on any atom is -0.469 e. The monoisotopic (exact) mass is 575 g/mol. The van der Waals surface area contributed by atoms with Crippen molar-refractivity contribution in [2.24, 2.45) is 4.99 Å². The summed E-state index contributed by atoms with van der Waals surface area (Å²) in [6.07, 6.45) is 1.69. The smallest absolute Gasteiger partial charge is 0.305 e. The van der Waals surface area contributed by atoms with Crippen LogP contribution >= 0.6 is 39.3 Å². The maximum atomic E-state index is 12.0. The Kier molecular flexibility index (Phi) is 8.64. The van der Waals surface area contributed by atoms with Crippen LogP contribution in [0.4, 0.5) is 0 Å². The third-order valence-electron chi connectivity index (χ3n) is 5.66. The van der Waals surface area contributed by atoms with Crippen LogP contribution in [0.1, 0.15) is 42.3 Å². The molecule has 4 rings (SSSR count). The number of hydrogen-bond acceptors (Lipinski definition) is 7. The molecule has 0 radical (unpaired) electrons. The van der Waals surface area contributed by atoms with E-state index in [4.69, 9.17) is 21.3 Å². The van der Waals surface area contributed by atoms with E-state index >= 15 is 0 Å². The fraction of sp³-hybridized carbons (Fsp3) is 0.360. The van der Waals surface area contributed by atoms with Gasteiger partial charge in [-0.1, -0.05) is 57.5 Å². The molecule has 1 aliphatic rings. The van der Waals surface area contributed by atoms with Crippen LogP contribution in [-0.4, -0.2) is 64.8 Å². The Hall–Kier alpha value is -2.20. The number of rotatable bonds is 9. The van der Waals surface area contributed by atoms with Crippen LogP contribution in [0.25, 0.3) is 5.69 Å². The number of benzene rings is 2. The van der Waals surface area contributed by atoms with Crippen molar-refractivity contribution in [2.45, 2.75) is 30.5 Å². The number of thioether (sulfide) groups is 1. The predicted octanol–water partition coefficient (Wildman–Crippen LogP) is 5.57. The SMILES string of the molecule is COC(=O)CC[C@@H]1N=C(c2ccccc2Cl)c2cc(Br)ccc2-n2c(SCCCN(C)C)nnc21. The first-order chi connectivity index (χ1) is 16.9. The molecule has 1 aromatic heterocycles. The highest BCUT2D eigenvalue weighted by molar-refractivity contribution is 9.10. The number of ether oxygens (including phenoxy) is 1. The van der Waals surface area contributed by atoms with Gasteiger partial charge in [0.2, 0.25) is 0 Å². The number of nitrogens with zero attached hydrogens (tertiary/aromatic N) is 5. The van der Waals surface area contributed by atoms with Crippen LogP contribution in [0.15, 0.2) is 57.1 Å². The first-order valence-corrected chi connectivity index (χ1v) is 13.5. The quantitative estimate of drug-likeness (QED) is 0.188. The maximum Gasteiger partial charge on any atom is 0.305 e. The highest BCUT2D eigenvalue weighted by Gasteiger charge is 2.30. The molecule has 2 aromatic carbocycles. The average molecular weight is 577 g/mol. The predicted molar refractivity (Wildman–Crippen MR) is 144 cm³/mol. The Balaban J connectivity index is 1.84. The summed E-state index contributed by atoms with van der Waals surface area (Å²) in [5, 5.41) is 10.5. The highest BCUT2D eigenvalue weighted by Crippen LogP contribution is 2.37. The van der Waals surface area contributed by atoms with Gasteiger partial charge in [-0.2, -0.15) is 0 Å². The lowest BCUT2D eigenvalue weighted by atomic mass is 10.00. The van der Waals surface area contributed by atoms with Gasteiger partial charge in [0, 0.05) is 32.8 Å². The van der Waals surface area contributed by atoms with E-state index in [9.17, 15) is 4.79 Å². The number of carbonyl (C=O) groups excluding carboxylic acids is 1. The molecule has 3 aromatic rings. The number of halogens is 2. The summed E-state index contributed by atoms with van der Waals surface area (Å²) in [6, 6.07) is 13.4. The van der Waals surface area contributed by atoms with Crippen LogP contribution in [0, 0.1) is 0 Å². The van der Waals surface area contributed by atoms with Gasteiger partial charge < -0.3 is 9.64 Å².